The number of hydrogen-bond acceptors (Lipinski definition) is 4. The summed E-state index contributed by atoms with van der Waals surface area (Å²) >= 11 is 0. The second kappa shape index (κ2) is 14.0. The Labute approximate surface area is 230 Å². The van der Waals surface area contributed by atoms with Crippen LogP contribution in [0.2, 0.25) is 0 Å². The highest BCUT2D eigenvalue weighted by atomic mass is 32.2. The van der Waals surface area contributed by atoms with E-state index < -0.39 is 34.3 Å². The highest BCUT2D eigenvalue weighted by Crippen LogP contribution is 2.25. The maximum atomic E-state index is 13.9. The molecule has 3 aromatic carbocycles. The molecule has 0 saturated heterocycles. The van der Waals surface area contributed by atoms with Crippen molar-refractivity contribution < 1.29 is 22.4 Å². The zero-order valence-corrected chi connectivity index (χ0v) is 23.4. The minimum atomic E-state index is -3.77. The molecule has 3 rings (SSSR count). The number of sulfonamides is 1. The summed E-state index contributed by atoms with van der Waals surface area (Å²) in [5, 5.41) is 2.94. The number of rotatable bonds is 13. The van der Waals surface area contributed by atoms with Gasteiger partial charge in [0.1, 0.15) is 11.9 Å². The van der Waals surface area contributed by atoms with Crippen LogP contribution < -0.4 is 5.32 Å². The Morgan fingerprint density at radius 3 is 1.97 bits per heavy atom. The Kier molecular flexibility index (Phi) is 10.8. The smallest absolute Gasteiger partial charge is 0.247 e. The second-order valence-corrected chi connectivity index (χ2v) is 11.9. The zero-order valence-electron chi connectivity index (χ0n) is 22.6. The number of amides is 2. The van der Waals surface area contributed by atoms with Crippen molar-refractivity contribution in [3.8, 4) is 0 Å². The molecule has 39 heavy (non-hydrogen) atoms. The van der Waals surface area contributed by atoms with Crippen LogP contribution in [0.5, 0.6) is 0 Å². The standard InChI is InChI=1S/C30H36FN3O4S/c1-23(2)18-19-32-30(36)29(26-12-8-5-9-13-26)34(21-25-14-16-27(31)17-15-25)28(35)22-33(39(3,37)38)20-24-10-6-4-7-11-24/h4-17,23,29H,18-22H2,1-3H3,(H,32,36). The lowest BCUT2D eigenvalue weighted by Gasteiger charge is -2.33. The number of carbonyl (C=O) groups excluding carboxylic acids is 2. The highest BCUT2D eigenvalue weighted by molar-refractivity contribution is 7.88. The van der Waals surface area contributed by atoms with Crippen LogP contribution in [0.1, 0.15) is 43.0 Å². The number of nitrogens with one attached hydrogen (secondary N) is 1. The van der Waals surface area contributed by atoms with E-state index in [0.717, 1.165) is 22.5 Å². The predicted octanol–water partition coefficient (Wildman–Crippen LogP) is 4.52. The first-order chi connectivity index (χ1) is 18.5. The van der Waals surface area contributed by atoms with Crippen molar-refractivity contribution in [2.75, 3.05) is 19.3 Å². The molecule has 7 nitrogen and oxygen atoms in total. The zero-order chi connectivity index (χ0) is 28.4. The van der Waals surface area contributed by atoms with Crippen molar-refractivity contribution in [2.24, 2.45) is 5.92 Å². The topological polar surface area (TPSA) is 86.8 Å². The normalized spacial score (nSPS) is 12.4. The van der Waals surface area contributed by atoms with Gasteiger partial charge in [-0.25, -0.2) is 12.8 Å². The molecule has 2 amide bonds. The second-order valence-electron chi connectivity index (χ2n) is 9.95. The van der Waals surface area contributed by atoms with Crippen molar-refractivity contribution in [3.05, 3.63) is 107 Å². The Morgan fingerprint density at radius 2 is 1.41 bits per heavy atom. The molecule has 0 aliphatic heterocycles. The van der Waals surface area contributed by atoms with Crippen LogP contribution in [0, 0.1) is 11.7 Å². The maximum absolute atomic E-state index is 13.9. The van der Waals surface area contributed by atoms with Gasteiger partial charge in [-0.2, -0.15) is 4.31 Å². The van der Waals surface area contributed by atoms with E-state index in [4.69, 9.17) is 0 Å². The number of halogens is 1. The van der Waals surface area contributed by atoms with Crippen molar-refractivity contribution in [1.29, 1.82) is 0 Å². The Morgan fingerprint density at radius 1 is 0.846 bits per heavy atom. The number of carbonyl (C=O) groups is 2. The van der Waals surface area contributed by atoms with E-state index in [1.165, 1.54) is 17.0 Å². The van der Waals surface area contributed by atoms with Crippen LogP contribution in [0.4, 0.5) is 4.39 Å². The van der Waals surface area contributed by atoms with E-state index in [1.54, 1.807) is 60.7 Å². The Balaban J connectivity index is 1.99. The summed E-state index contributed by atoms with van der Waals surface area (Å²) in [6.45, 7) is 4.07. The van der Waals surface area contributed by atoms with E-state index >= 15 is 0 Å². The largest absolute Gasteiger partial charge is 0.354 e. The van der Waals surface area contributed by atoms with Gasteiger partial charge in [-0.05, 0) is 41.2 Å². The molecule has 0 radical (unpaired) electrons. The van der Waals surface area contributed by atoms with E-state index in [9.17, 15) is 22.4 Å². The van der Waals surface area contributed by atoms with Crippen molar-refractivity contribution in [2.45, 2.75) is 39.4 Å². The summed E-state index contributed by atoms with van der Waals surface area (Å²) in [5.41, 5.74) is 1.92. The predicted molar refractivity (Wildman–Crippen MR) is 150 cm³/mol. The molecule has 9 heteroatoms. The van der Waals surface area contributed by atoms with Gasteiger partial charge in [0.25, 0.3) is 0 Å². The van der Waals surface area contributed by atoms with Gasteiger partial charge in [0.15, 0.2) is 0 Å². The third-order valence-electron chi connectivity index (χ3n) is 6.27. The molecule has 1 N–H and O–H groups in total. The third kappa shape index (κ3) is 9.30. The quantitative estimate of drug-likeness (QED) is 0.337. The lowest BCUT2D eigenvalue weighted by Crippen LogP contribution is -2.48. The van der Waals surface area contributed by atoms with Crippen molar-refractivity contribution in [1.82, 2.24) is 14.5 Å². The summed E-state index contributed by atoms with van der Waals surface area (Å²) in [6, 6.07) is 22.5. The fourth-order valence-corrected chi connectivity index (χ4v) is 4.85. The van der Waals surface area contributed by atoms with Crippen LogP contribution in [0.25, 0.3) is 0 Å². The van der Waals surface area contributed by atoms with E-state index in [-0.39, 0.29) is 19.0 Å². The van der Waals surface area contributed by atoms with Gasteiger partial charge in [-0.3, -0.25) is 9.59 Å². The molecular weight excluding hydrogens is 517 g/mol. The van der Waals surface area contributed by atoms with Gasteiger partial charge in [0, 0.05) is 19.6 Å². The maximum Gasteiger partial charge on any atom is 0.247 e. The first kappa shape index (κ1) is 30.0. The van der Waals surface area contributed by atoms with Gasteiger partial charge in [-0.15, -0.1) is 0 Å². The van der Waals surface area contributed by atoms with Gasteiger partial charge in [-0.1, -0.05) is 86.6 Å². The van der Waals surface area contributed by atoms with Crippen LogP contribution in [0.3, 0.4) is 0 Å². The molecular formula is C30H36FN3O4S. The first-order valence-corrected chi connectivity index (χ1v) is 14.7. The van der Waals surface area contributed by atoms with Crippen LogP contribution in [0.15, 0.2) is 84.9 Å². The third-order valence-corrected chi connectivity index (χ3v) is 7.46. The molecule has 0 heterocycles. The van der Waals surface area contributed by atoms with Crippen molar-refractivity contribution in [3.63, 3.8) is 0 Å². The summed E-state index contributed by atoms with van der Waals surface area (Å²) in [7, 11) is -3.77. The molecule has 0 aromatic heterocycles. The number of hydrogen-bond donors (Lipinski definition) is 1. The summed E-state index contributed by atoms with van der Waals surface area (Å²) in [6.07, 6.45) is 1.82. The fourth-order valence-electron chi connectivity index (χ4n) is 4.12. The first-order valence-electron chi connectivity index (χ1n) is 12.9. The average Bonchev–Trinajstić information content (AvgIpc) is 2.89. The summed E-state index contributed by atoms with van der Waals surface area (Å²) in [4.78, 5) is 28.9. The number of benzene rings is 3. The lowest BCUT2D eigenvalue weighted by atomic mass is 10.0. The van der Waals surface area contributed by atoms with Crippen LogP contribution >= 0.6 is 0 Å². The van der Waals surface area contributed by atoms with E-state index in [2.05, 4.69) is 19.2 Å². The highest BCUT2D eigenvalue weighted by Gasteiger charge is 2.33. The molecule has 0 bridgehead atoms. The van der Waals surface area contributed by atoms with Gasteiger partial charge < -0.3 is 10.2 Å². The molecule has 0 saturated carbocycles. The minimum Gasteiger partial charge on any atom is -0.354 e. The van der Waals surface area contributed by atoms with Gasteiger partial charge in [0.05, 0.1) is 12.8 Å². The monoisotopic (exact) mass is 553 g/mol. The summed E-state index contributed by atoms with van der Waals surface area (Å²) in [5.74, 6) is -0.965. The molecule has 0 fully saturated rings. The molecule has 1 atom stereocenters. The van der Waals surface area contributed by atoms with Crippen LogP contribution in [-0.2, 0) is 32.7 Å². The summed E-state index contributed by atoms with van der Waals surface area (Å²) < 4.78 is 40.1. The van der Waals surface area contributed by atoms with E-state index in [0.29, 0.717) is 23.6 Å². The molecule has 3 aromatic rings. The average molecular weight is 554 g/mol. The van der Waals surface area contributed by atoms with Gasteiger partial charge in [0.2, 0.25) is 21.8 Å². The fraction of sp³-hybridized carbons (Fsp3) is 0.333. The van der Waals surface area contributed by atoms with Crippen molar-refractivity contribution >= 4 is 21.8 Å². The molecule has 0 aliphatic carbocycles. The minimum absolute atomic E-state index is 0.00634. The molecule has 0 aliphatic rings. The molecule has 0 spiro atoms. The SMILES string of the molecule is CC(C)CCNC(=O)C(c1ccccc1)N(Cc1ccc(F)cc1)C(=O)CN(Cc1ccccc1)S(C)(=O)=O. The van der Waals surface area contributed by atoms with E-state index in [1.807, 2.05) is 12.1 Å². The van der Waals surface area contributed by atoms with Crippen LogP contribution in [-0.4, -0.2) is 48.8 Å². The number of nitrogens with zero attached hydrogens (tertiary/aromatic N) is 2. The van der Waals surface area contributed by atoms with Gasteiger partial charge >= 0.3 is 0 Å². The Hall–Kier alpha value is -3.56. The Bertz CT molecular complexity index is 1320. The molecule has 208 valence electrons. The molecule has 1 unspecified atom stereocenters. The lowest BCUT2D eigenvalue weighted by molar-refractivity contribution is -0.141.